The largest absolute Gasteiger partial charge is 2.00 e. The first-order chi connectivity index (χ1) is 26.2. The summed E-state index contributed by atoms with van der Waals surface area (Å²) in [6.45, 7) is 0. The van der Waals surface area contributed by atoms with Gasteiger partial charge in [0.15, 0.2) is 34.2 Å². The topological polar surface area (TPSA) is 554 Å². The van der Waals surface area contributed by atoms with Crippen LogP contribution in [-0.2, 0) is 72.6 Å². The van der Waals surface area contributed by atoms with Crippen LogP contribution in [0.25, 0.3) is 44.2 Å². The van der Waals surface area contributed by atoms with E-state index in [0.717, 1.165) is 24.7 Å². The molecule has 2 heterocycles. The van der Waals surface area contributed by atoms with Crippen LogP contribution in [0.1, 0.15) is 0 Å². The summed E-state index contributed by atoms with van der Waals surface area (Å²) < 4.78 is 99.2. The third kappa shape index (κ3) is 12.6. The molecule has 0 aliphatic carbocycles. The molecular formula is C34H46Br2O26S2Zn+6. The molecule has 0 unspecified atom stereocenters. The predicted octanol–water partition coefficient (Wildman–Crippen LogP) is -2.07. The van der Waals surface area contributed by atoms with Crippen LogP contribution in [0.3, 0.4) is 0 Å². The number of hydrogen-bond donors (Lipinski definition) is 4. The van der Waals surface area contributed by atoms with Crippen LogP contribution >= 0.6 is 31.9 Å². The molecule has 6 rings (SSSR count). The maximum atomic E-state index is 13.0. The van der Waals surface area contributed by atoms with Gasteiger partial charge in [-0.3, -0.25) is 9.59 Å². The zero-order chi connectivity index (χ0) is 41.6. The minimum atomic E-state index is -4.88. The zero-order valence-corrected chi connectivity index (χ0v) is 41.6. The SMILES string of the molecule is COc1ccc(-c2coc3c(Br)c(O)c(OC)c(O)c3c2=O)cc1S(=O)(=O)[O-].COc1ccc(-c2coc3c(Br)c(O)c(OC)c(O)c3c2=O)cc1S(=O)(=O)[O-].O.O.[OH3+].[OH3+].[OH3+].[OH3+].[OH3+].[OH3+].[Zn+2]. The van der Waals surface area contributed by atoms with Gasteiger partial charge in [0.05, 0.1) is 49.4 Å². The average molecular weight is 1160 g/mol. The fourth-order valence-electron chi connectivity index (χ4n) is 5.42. The summed E-state index contributed by atoms with van der Waals surface area (Å²) in [7, 11) is -4.99. The number of phenols is 4. The monoisotopic (exact) mass is 1160 g/mol. The summed E-state index contributed by atoms with van der Waals surface area (Å²) in [6, 6.07) is 7.10. The van der Waals surface area contributed by atoms with Gasteiger partial charge in [-0.15, -0.1) is 0 Å². The van der Waals surface area contributed by atoms with Crippen molar-refractivity contribution >= 4 is 74.0 Å². The van der Waals surface area contributed by atoms with Gasteiger partial charge in [0.2, 0.25) is 22.4 Å². The summed E-state index contributed by atoms with van der Waals surface area (Å²) >= 11 is 6.13. The summed E-state index contributed by atoms with van der Waals surface area (Å²) in [6.07, 6.45) is 2.04. The van der Waals surface area contributed by atoms with Crippen molar-refractivity contribution < 1.29 is 137 Å². The van der Waals surface area contributed by atoms with Crippen LogP contribution in [0.15, 0.2) is 86.1 Å². The Kier molecular flexibility index (Phi) is 27.6. The number of halogens is 2. The van der Waals surface area contributed by atoms with Gasteiger partial charge in [0.25, 0.3) is 0 Å². The van der Waals surface area contributed by atoms with Gasteiger partial charge in [-0.1, -0.05) is 12.1 Å². The molecule has 26 nitrogen and oxygen atoms in total. The van der Waals surface area contributed by atoms with Gasteiger partial charge < -0.3 is 101 Å². The number of ether oxygens (including phenoxy) is 4. The first kappa shape index (κ1) is 68.8. The maximum Gasteiger partial charge on any atom is 2.00 e. The first-order valence-corrected chi connectivity index (χ1v) is 19.4. The van der Waals surface area contributed by atoms with Crippen LogP contribution in [0, 0.1) is 0 Å². The average Bonchev–Trinajstić information content (AvgIpc) is 3.15. The molecule has 0 atom stereocenters. The number of fused-ring (bicyclic) bond motifs is 2. The summed E-state index contributed by atoms with van der Waals surface area (Å²) in [5.41, 5.74) is -1.93. The van der Waals surface area contributed by atoms with Crippen molar-refractivity contribution in [2.45, 2.75) is 9.79 Å². The van der Waals surface area contributed by atoms with Gasteiger partial charge in [-0.25, -0.2) is 16.8 Å². The van der Waals surface area contributed by atoms with Crippen LogP contribution in [-0.4, -0.2) is 85.8 Å². The van der Waals surface area contributed by atoms with E-state index in [-0.39, 0.29) is 139 Å². The van der Waals surface area contributed by atoms with Crippen molar-refractivity contribution in [1.82, 2.24) is 0 Å². The minimum Gasteiger partial charge on any atom is -0.744 e. The first-order valence-electron chi connectivity index (χ1n) is 15.0. The van der Waals surface area contributed by atoms with Gasteiger partial charge in [-0.2, -0.15) is 0 Å². The number of hydrogen-bond acceptors (Lipinski definition) is 18. The molecule has 4 aromatic carbocycles. The Morgan fingerprint density at radius 1 is 0.538 bits per heavy atom. The summed E-state index contributed by atoms with van der Waals surface area (Å²) in [5.74, 6) is -3.29. The van der Waals surface area contributed by atoms with Crippen molar-refractivity contribution in [3.63, 3.8) is 0 Å². The minimum absolute atomic E-state index is 0. The Morgan fingerprint density at radius 2 is 0.831 bits per heavy atom. The molecule has 0 amide bonds. The van der Waals surface area contributed by atoms with E-state index >= 15 is 0 Å². The predicted molar refractivity (Wildman–Crippen MR) is 236 cm³/mol. The van der Waals surface area contributed by atoms with Gasteiger partial charge in [0.1, 0.15) is 64.0 Å². The van der Waals surface area contributed by atoms with Crippen molar-refractivity contribution in [1.29, 1.82) is 0 Å². The Balaban J connectivity index is -0.000000324. The molecule has 6 aromatic rings. The maximum absolute atomic E-state index is 13.0. The van der Waals surface area contributed by atoms with Crippen molar-refractivity contribution in [3.05, 3.63) is 78.3 Å². The third-order valence-electron chi connectivity index (χ3n) is 8.03. The molecule has 0 spiro atoms. The number of methoxy groups -OCH3 is 4. The van der Waals surface area contributed by atoms with Crippen molar-refractivity contribution in [3.8, 4) is 68.2 Å². The Morgan fingerprint density at radius 3 is 1.08 bits per heavy atom. The molecular weight excluding hydrogens is 1110 g/mol. The van der Waals surface area contributed by atoms with Crippen LogP contribution in [0.5, 0.6) is 46.0 Å². The smallest absolute Gasteiger partial charge is 0.744 e. The Labute approximate surface area is 394 Å². The van der Waals surface area contributed by atoms with Crippen LogP contribution < -0.4 is 29.8 Å². The molecule has 0 saturated heterocycles. The molecule has 0 saturated carbocycles. The molecule has 26 N–H and O–H groups in total. The van der Waals surface area contributed by atoms with Gasteiger partial charge in [0, 0.05) is 0 Å². The zero-order valence-electron chi connectivity index (χ0n) is 33.9. The number of phenolic OH excluding ortho intramolecular Hbond substituents is 4. The van der Waals surface area contributed by atoms with Gasteiger partial charge in [-0.05, 0) is 67.3 Å². The van der Waals surface area contributed by atoms with Crippen LogP contribution in [0.2, 0.25) is 0 Å². The molecule has 360 valence electrons. The fraction of sp³-hybridized carbons (Fsp3) is 0.118. The van der Waals surface area contributed by atoms with Gasteiger partial charge >= 0.3 is 19.5 Å². The number of rotatable bonds is 8. The fourth-order valence-corrected chi connectivity index (χ4v) is 7.70. The molecule has 31 heteroatoms. The van der Waals surface area contributed by atoms with Crippen molar-refractivity contribution in [2.75, 3.05) is 28.4 Å². The summed E-state index contributed by atoms with van der Waals surface area (Å²) in [5, 5.41) is 40.1. The molecule has 0 radical (unpaired) electrons. The second-order valence-electron chi connectivity index (χ2n) is 11.1. The molecule has 0 aliphatic rings. The Bertz CT molecular complexity index is 2740. The van der Waals surface area contributed by atoms with E-state index in [1.165, 1.54) is 52.7 Å². The third-order valence-corrected chi connectivity index (χ3v) is 11.2. The Hall–Kier alpha value is -5.22. The molecule has 65 heavy (non-hydrogen) atoms. The van der Waals surface area contributed by atoms with Crippen molar-refractivity contribution in [2.24, 2.45) is 0 Å². The molecule has 0 aliphatic heterocycles. The molecule has 0 bridgehead atoms. The van der Waals surface area contributed by atoms with E-state index in [0.29, 0.717) is 0 Å². The normalized spacial score (nSPS) is 9.97. The number of benzene rings is 4. The van der Waals surface area contributed by atoms with Crippen LogP contribution in [0.4, 0.5) is 0 Å². The second kappa shape index (κ2) is 26.1. The van der Waals surface area contributed by atoms with E-state index in [4.69, 9.17) is 27.8 Å². The van der Waals surface area contributed by atoms with E-state index < -0.39 is 63.9 Å². The van der Waals surface area contributed by atoms with E-state index in [2.05, 4.69) is 31.9 Å². The summed E-state index contributed by atoms with van der Waals surface area (Å²) in [4.78, 5) is 24.6. The second-order valence-corrected chi connectivity index (χ2v) is 15.4. The molecule has 2 aromatic heterocycles. The van der Waals surface area contributed by atoms with E-state index in [1.54, 1.807) is 0 Å². The number of aromatic hydroxyl groups is 4. The standard InChI is InChI=1S/2C17H13BrO9S.8H2O.Zn/c2*1-25-9-4-3-7(5-10(9)28(22,23)24)8-6-27-16-11(13(8)19)14(20)17(26-2)15(21)12(16)18;;;;;;;;;/h2*3-6,20-21H,1-2H3,(H,22,23,24);8*1H2;/q;;;;;;;;;;+2/p+4. The quantitative estimate of drug-likeness (QED) is 0.0722. The van der Waals surface area contributed by atoms with E-state index in [1.807, 2.05) is 0 Å². The van der Waals surface area contributed by atoms with E-state index in [9.17, 15) is 56.0 Å². The molecule has 0 fully saturated rings.